The van der Waals surface area contributed by atoms with Crippen LogP contribution in [0, 0.1) is 6.92 Å². The van der Waals surface area contributed by atoms with Crippen molar-refractivity contribution in [1.82, 2.24) is 0 Å². The van der Waals surface area contributed by atoms with E-state index in [0.29, 0.717) is 0 Å². The summed E-state index contributed by atoms with van der Waals surface area (Å²) in [6.45, 7) is 8.26. The predicted octanol–water partition coefficient (Wildman–Crippen LogP) is 6.92. The average Bonchev–Trinajstić information content (AvgIpc) is 2.65. The van der Waals surface area contributed by atoms with Gasteiger partial charge in [-0.1, -0.05) is 91.5 Å². The monoisotopic (exact) mass is 310 g/mol. The molecule has 0 bridgehead atoms. The van der Waals surface area contributed by atoms with Crippen LogP contribution in [-0.4, -0.2) is 0 Å². The minimum Gasteiger partial charge on any atom is -0.0985 e. The molecule has 0 aliphatic carbocycles. The number of hydrogen-bond donors (Lipinski definition) is 0. The van der Waals surface area contributed by atoms with Crippen LogP contribution in [0.4, 0.5) is 0 Å². The van der Waals surface area contributed by atoms with Gasteiger partial charge in [0.25, 0.3) is 0 Å². The Morgan fingerprint density at radius 2 is 1.38 bits per heavy atom. The molecule has 0 N–H and O–H groups in total. The minimum atomic E-state index is 1.17. The summed E-state index contributed by atoms with van der Waals surface area (Å²) in [5.41, 5.74) is 8.69. The average molecular weight is 310 g/mol. The molecule has 0 spiro atoms. The number of benzene rings is 3. The maximum Gasteiger partial charge on any atom is -0.00243 e. The van der Waals surface area contributed by atoms with Gasteiger partial charge in [-0.2, -0.15) is 0 Å². The number of hydrogen-bond acceptors (Lipinski definition) is 0. The molecule has 0 aromatic heterocycles. The van der Waals surface area contributed by atoms with Crippen molar-refractivity contribution >= 4 is 5.57 Å². The van der Waals surface area contributed by atoms with Gasteiger partial charge >= 0.3 is 0 Å². The summed E-state index contributed by atoms with van der Waals surface area (Å²) >= 11 is 0. The molecule has 24 heavy (non-hydrogen) atoms. The molecule has 0 saturated heterocycles. The van der Waals surface area contributed by atoms with Crippen molar-refractivity contribution in [2.75, 3.05) is 0 Å². The van der Waals surface area contributed by atoms with Gasteiger partial charge in [-0.3, -0.25) is 0 Å². The fourth-order valence-electron chi connectivity index (χ4n) is 3.21. The van der Waals surface area contributed by atoms with E-state index in [9.17, 15) is 0 Å². The Labute approximate surface area is 144 Å². The van der Waals surface area contributed by atoms with Crippen molar-refractivity contribution < 1.29 is 0 Å². The van der Waals surface area contributed by atoms with Gasteiger partial charge in [0.05, 0.1) is 0 Å². The summed E-state index contributed by atoms with van der Waals surface area (Å²) in [7, 11) is 0. The maximum atomic E-state index is 4.02. The quantitative estimate of drug-likeness (QED) is 0.459. The summed E-state index contributed by atoms with van der Waals surface area (Å²) in [6.07, 6.45) is 4.08. The predicted molar refractivity (Wildman–Crippen MR) is 106 cm³/mol. The van der Waals surface area contributed by atoms with E-state index in [1.165, 1.54) is 39.0 Å². The van der Waals surface area contributed by atoms with E-state index in [1.54, 1.807) is 0 Å². The fraction of sp³-hybridized carbons (Fsp3) is 0.0833. The lowest BCUT2D eigenvalue weighted by Gasteiger charge is -2.19. The second-order valence-corrected chi connectivity index (χ2v) is 5.86. The van der Waals surface area contributed by atoms with Crippen LogP contribution in [0.3, 0.4) is 0 Å². The topological polar surface area (TPSA) is 0 Å². The Hall–Kier alpha value is -2.86. The maximum absolute atomic E-state index is 4.02. The van der Waals surface area contributed by atoms with E-state index >= 15 is 0 Å². The van der Waals surface area contributed by atoms with Crippen LogP contribution in [-0.2, 0) is 0 Å². The molecule has 0 saturated carbocycles. The third-order valence-corrected chi connectivity index (χ3v) is 4.38. The van der Waals surface area contributed by atoms with Gasteiger partial charge in [0, 0.05) is 0 Å². The van der Waals surface area contributed by atoms with Gasteiger partial charge in [-0.15, -0.1) is 0 Å². The molecule has 118 valence electrons. The van der Waals surface area contributed by atoms with E-state index in [4.69, 9.17) is 0 Å². The van der Waals surface area contributed by atoms with Gasteiger partial charge in [-0.05, 0) is 52.8 Å². The molecule has 0 amide bonds. The molecule has 0 fully saturated rings. The highest BCUT2D eigenvalue weighted by Crippen LogP contribution is 2.39. The lowest BCUT2D eigenvalue weighted by molar-refractivity contribution is 1.41. The van der Waals surface area contributed by atoms with Crippen molar-refractivity contribution in [2.45, 2.75) is 13.8 Å². The first-order chi connectivity index (χ1) is 11.8. The third kappa shape index (κ3) is 2.96. The standard InChI is InChI=1S/C24H22/c1-4-19(5-2)23-18(3)16-17-22(20-12-8-6-9-13-20)24(23)21-14-10-7-11-15-21/h4-17H,1H2,2-3H3/b19-5+. The van der Waals surface area contributed by atoms with Gasteiger partial charge in [0.1, 0.15) is 0 Å². The first-order valence-corrected chi connectivity index (χ1v) is 8.29. The van der Waals surface area contributed by atoms with E-state index in [1.807, 2.05) is 6.08 Å². The van der Waals surface area contributed by atoms with E-state index < -0.39 is 0 Å². The Bertz CT molecular complexity index is 869. The van der Waals surface area contributed by atoms with Gasteiger partial charge in [0.2, 0.25) is 0 Å². The zero-order valence-electron chi connectivity index (χ0n) is 14.3. The molecule has 0 aliphatic rings. The molecule has 3 aromatic carbocycles. The zero-order chi connectivity index (χ0) is 16.9. The van der Waals surface area contributed by atoms with Gasteiger partial charge in [0.15, 0.2) is 0 Å². The highest BCUT2D eigenvalue weighted by molar-refractivity contribution is 5.95. The Kier molecular flexibility index (Phi) is 4.77. The molecule has 3 aromatic rings. The molecule has 0 aliphatic heterocycles. The summed E-state index contributed by atoms with van der Waals surface area (Å²) in [6, 6.07) is 25.6. The summed E-state index contributed by atoms with van der Waals surface area (Å²) < 4.78 is 0. The second kappa shape index (κ2) is 7.14. The first kappa shape index (κ1) is 16.0. The van der Waals surface area contributed by atoms with E-state index in [0.717, 1.165) is 0 Å². The van der Waals surface area contributed by atoms with Crippen molar-refractivity contribution in [3.8, 4) is 22.3 Å². The van der Waals surface area contributed by atoms with E-state index in [-0.39, 0.29) is 0 Å². The Balaban J connectivity index is 2.40. The first-order valence-electron chi connectivity index (χ1n) is 8.29. The third-order valence-electron chi connectivity index (χ3n) is 4.38. The molecule has 0 heteroatoms. The summed E-state index contributed by atoms with van der Waals surface area (Å²) in [5, 5.41) is 0. The number of aryl methyl sites for hydroxylation is 1. The van der Waals surface area contributed by atoms with Crippen molar-refractivity contribution in [2.24, 2.45) is 0 Å². The van der Waals surface area contributed by atoms with Gasteiger partial charge in [-0.25, -0.2) is 0 Å². The van der Waals surface area contributed by atoms with Crippen LogP contribution < -0.4 is 0 Å². The molecule has 0 radical (unpaired) electrons. The largest absolute Gasteiger partial charge is 0.0985 e. The number of rotatable bonds is 4. The van der Waals surface area contributed by atoms with Crippen LogP contribution in [0.25, 0.3) is 27.8 Å². The Morgan fingerprint density at radius 3 is 1.92 bits per heavy atom. The highest BCUT2D eigenvalue weighted by Gasteiger charge is 2.16. The molecule has 3 rings (SSSR count). The van der Waals surface area contributed by atoms with Crippen molar-refractivity contribution in [3.63, 3.8) is 0 Å². The molecule has 0 unspecified atom stereocenters. The lowest BCUT2D eigenvalue weighted by Crippen LogP contribution is -1.96. The SMILES string of the molecule is C=C/C(=C\C)c1c(C)ccc(-c2ccccc2)c1-c1ccccc1. The van der Waals surface area contributed by atoms with Crippen LogP contribution in [0.1, 0.15) is 18.1 Å². The smallest absolute Gasteiger partial charge is 0.00243 e. The van der Waals surface area contributed by atoms with Gasteiger partial charge < -0.3 is 0 Å². The Morgan fingerprint density at radius 1 is 0.792 bits per heavy atom. The molecule has 0 nitrogen and oxygen atoms in total. The van der Waals surface area contributed by atoms with Crippen LogP contribution in [0.15, 0.2) is 91.5 Å². The summed E-state index contributed by atoms with van der Waals surface area (Å²) in [4.78, 5) is 0. The normalized spacial score (nSPS) is 11.3. The van der Waals surface area contributed by atoms with Crippen LogP contribution in [0.5, 0.6) is 0 Å². The van der Waals surface area contributed by atoms with Crippen LogP contribution >= 0.6 is 0 Å². The number of allylic oxidation sites excluding steroid dienone is 3. The molecular formula is C24H22. The summed E-state index contributed by atoms with van der Waals surface area (Å²) in [5.74, 6) is 0. The minimum absolute atomic E-state index is 1.17. The fourth-order valence-corrected chi connectivity index (χ4v) is 3.21. The lowest BCUT2D eigenvalue weighted by atomic mass is 9.85. The molecular weight excluding hydrogens is 288 g/mol. The molecule has 0 heterocycles. The zero-order valence-corrected chi connectivity index (χ0v) is 14.3. The molecule has 0 atom stereocenters. The second-order valence-electron chi connectivity index (χ2n) is 5.86. The van der Waals surface area contributed by atoms with E-state index in [2.05, 4.69) is 99.3 Å². The van der Waals surface area contributed by atoms with Crippen molar-refractivity contribution in [3.05, 3.63) is 103 Å². The van der Waals surface area contributed by atoms with Crippen molar-refractivity contribution in [1.29, 1.82) is 0 Å². The van der Waals surface area contributed by atoms with Crippen LogP contribution in [0.2, 0.25) is 0 Å². The highest BCUT2D eigenvalue weighted by atomic mass is 14.2.